The first-order valence-corrected chi connectivity index (χ1v) is 8.45. The van der Waals surface area contributed by atoms with Crippen LogP contribution in [0.25, 0.3) is 6.08 Å². The number of hydrazone groups is 1. The maximum absolute atomic E-state index is 11.7. The maximum atomic E-state index is 11.7. The lowest BCUT2D eigenvalue weighted by atomic mass is 10.2. The van der Waals surface area contributed by atoms with Gasteiger partial charge >= 0.3 is 5.00 Å². The second kappa shape index (κ2) is 9.82. The van der Waals surface area contributed by atoms with Gasteiger partial charge in [-0.05, 0) is 29.8 Å². The molecule has 1 aromatic carbocycles. The summed E-state index contributed by atoms with van der Waals surface area (Å²) in [7, 11) is 1.57. The van der Waals surface area contributed by atoms with E-state index in [1.807, 2.05) is 0 Å². The molecule has 2 rings (SSSR count). The normalized spacial score (nSPS) is 10.9. The van der Waals surface area contributed by atoms with Crippen molar-refractivity contribution in [2.45, 2.75) is 0 Å². The largest absolute Gasteiger partial charge is 0.497 e. The SMILES string of the molecule is COc1ccc(/C=C/C(=O)NCC(=O)N/N=C/c2ccc([N+](=O)[O-])s2)cc1. The highest BCUT2D eigenvalue weighted by atomic mass is 32.1. The number of carbonyl (C=O) groups is 2. The molecule has 0 bridgehead atoms. The van der Waals surface area contributed by atoms with Crippen molar-refractivity contribution in [2.24, 2.45) is 5.10 Å². The first-order valence-electron chi connectivity index (χ1n) is 7.64. The molecule has 0 atom stereocenters. The molecule has 0 spiro atoms. The predicted molar refractivity (Wildman–Crippen MR) is 102 cm³/mol. The minimum Gasteiger partial charge on any atom is -0.497 e. The van der Waals surface area contributed by atoms with E-state index in [2.05, 4.69) is 15.8 Å². The third kappa shape index (κ3) is 6.71. The van der Waals surface area contributed by atoms with Gasteiger partial charge in [0.25, 0.3) is 5.91 Å². The molecule has 0 aliphatic heterocycles. The highest BCUT2D eigenvalue weighted by Gasteiger charge is 2.08. The molecular weight excluding hydrogens is 372 g/mol. The molecule has 2 aromatic rings. The van der Waals surface area contributed by atoms with E-state index in [0.717, 1.165) is 16.9 Å². The lowest BCUT2D eigenvalue weighted by molar-refractivity contribution is -0.380. The molecule has 0 aliphatic carbocycles. The standard InChI is InChI=1S/C17H16N4O5S/c1-26-13-5-2-12(3-6-13)4-8-15(22)18-11-16(23)20-19-10-14-7-9-17(27-14)21(24)25/h2-10H,11H2,1H3,(H,18,22)(H,20,23)/b8-4+,19-10+. The van der Waals surface area contributed by atoms with Gasteiger partial charge in [0.1, 0.15) is 5.75 Å². The van der Waals surface area contributed by atoms with Gasteiger partial charge in [0, 0.05) is 12.1 Å². The fourth-order valence-electron chi connectivity index (χ4n) is 1.83. The number of rotatable bonds is 8. The molecule has 10 heteroatoms. The summed E-state index contributed by atoms with van der Waals surface area (Å²) in [5.41, 5.74) is 3.04. The van der Waals surface area contributed by atoms with E-state index in [1.165, 1.54) is 24.4 Å². The van der Waals surface area contributed by atoms with Crippen molar-refractivity contribution >= 4 is 40.4 Å². The third-order valence-electron chi connectivity index (χ3n) is 3.14. The van der Waals surface area contributed by atoms with Gasteiger partial charge in [0.05, 0.1) is 29.7 Å². The van der Waals surface area contributed by atoms with Crippen molar-refractivity contribution in [3.63, 3.8) is 0 Å². The van der Waals surface area contributed by atoms with E-state index in [-0.39, 0.29) is 11.5 Å². The molecule has 0 saturated carbocycles. The molecule has 0 fully saturated rings. The van der Waals surface area contributed by atoms with E-state index in [1.54, 1.807) is 37.5 Å². The Morgan fingerprint density at radius 1 is 1.26 bits per heavy atom. The smallest absolute Gasteiger partial charge is 0.324 e. The van der Waals surface area contributed by atoms with E-state index in [9.17, 15) is 19.7 Å². The Kier molecular flexibility index (Phi) is 7.20. The van der Waals surface area contributed by atoms with Crippen LogP contribution in [0.15, 0.2) is 47.6 Å². The number of nitro groups is 1. The average molecular weight is 388 g/mol. The van der Waals surface area contributed by atoms with Crippen LogP contribution < -0.4 is 15.5 Å². The van der Waals surface area contributed by atoms with Gasteiger partial charge in [-0.2, -0.15) is 5.10 Å². The van der Waals surface area contributed by atoms with Crippen LogP contribution in [0.4, 0.5) is 5.00 Å². The third-order valence-corrected chi connectivity index (χ3v) is 4.11. The molecular formula is C17H16N4O5S. The first-order chi connectivity index (χ1) is 13.0. The zero-order valence-electron chi connectivity index (χ0n) is 14.2. The van der Waals surface area contributed by atoms with Gasteiger partial charge in [0.2, 0.25) is 5.91 Å². The van der Waals surface area contributed by atoms with E-state index >= 15 is 0 Å². The topological polar surface area (TPSA) is 123 Å². The Hall–Kier alpha value is -3.53. The molecule has 0 unspecified atom stereocenters. The Balaban J connectivity index is 1.73. The van der Waals surface area contributed by atoms with Crippen LogP contribution in [0.5, 0.6) is 5.75 Å². The minimum atomic E-state index is -0.525. The number of methoxy groups -OCH3 is 1. The molecule has 2 amide bonds. The monoisotopic (exact) mass is 388 g/mol. The van der Waals surface area contributed by atoms with Crippen LogP contribution >= 0.6 is 11.3 Å². The van der Waals surface area contributed by atoms with Crippen LogP contribution in [0.2, 0.25) is 0 Å². The van der Waals surface area contributed by atoms with Crippen molar-refractivity contribution < 1.29 is 19.2 Å². The van der Waals surface area contributed by atoms with Crippen LogP contribution in [-0.4, -0.2) is 36.6 Å². The number of nitrogens with one attached hydrogen (secondary N) is 2. The molecule has 0 radical (unpaired) electrons. The van der Waals surface area contributed by atoms with Gasteiger partial charge in [-0.3, -0.25) is 19.7 Å². The first kappa shape index (κ1) is 19.8. The lowest BCUT2D eigenvalue weighted by Crippen LogP contribution is -2.33. The number of carbonyl (C=O) groups excluding carboxylic acids is 2. The summed E-state index contributed by atoms with van der Waals surface area (Å²) >= 11 is 0.931. The number of benzene rings is 1. The van der Waals surface area contributed by atoms with Crippen LogP contribution in [0, 0.1) is 10.1 Å². The van der Waals surface area contributed by atoms with Crippen LogP contribution in [-0.2, 0) is 9.59 Å². The molecule has 0 aliphatic rings. The zero-order valence-corrected chi connectivity index (χ0v) is 15.1. The minimum absolute atomic E-state index is 0.0151. The van der Waals surface area contributed by atoms with Gasteiger partial charge in [-0.1, -0.05) is 23.5 Å². The van der Waals surface area contributed by atoms with Crippen molar-refractivity contribution in [3.05, 3.63) is 63.0 Å². The summed E-state index contributed by atoms with van der Waals surface area (Å²) in [5.74, 6) is -0.242. The fourth-order valence-corrected chi connectivity index (χ4v) is 2.52. The number of hydrogen-bond donors (Lipinski definition) is 2. The molecule has 0 saturated heterocycles. The highest BCUT2D eigenvalue weighted by molar-refractivity contribution is 7.16. The summed E-state index contributed by atoms with van der Waals surface area (Å²) in [4.78, 5) is 33.9. The van der Waals surface area contributed by atoms with Crippen molar-refractivity contribution in [2.75, 3.05) is 13.7 Å². The molecule has 140 valence electrons. The Morgan fingerprint density at radius 2 is 2.00 bits per heavy atom. The van der Waals surface area contributed by atoms with E-state index in [0.29, 0.717) is 10.6 Å². The van der Waals surface area contributed by atoms with Crippen LogP contribution in [0.3, 0.4) is 0 Å². The van der Waals surface area contributed by atoms with Gasteiger partial charge in [-0.25, -0.2) is 5.43 Å². The second-order valence-electron chi connectivity index (χ2n) is 5.05. The van der Waals surface area contributed by atoms with Crippen molar-refractivity contribution in [3.8, 4) is 5.75 Å². The van der Waals surface area contributed by atoms with Crippen molar-refractivity contribution in [1.82, 2.24) is 10.7 Å². The number of thiophene rings is 1. The Labute approximate surface area is 158 Å². The summed E-state index contributed by atoms with van der Waals surface area (Å²) < 4.78 is 5.04. The molecule has 9 nitrogen and oxygen atoms in total. The molecule has 1 aromatic heterocycles. The summed E-state index contributed by atoms with van der Waals surface area (Å²) in [5, 5.41) is 16.7. The van der Waals surface area contributed by atoms with Crippen molar-refractivity contribution in [1.29, 1.82) is 0 Å². The van der Waals surface area contributed by atoms with Crippen LogP contribution in [0.1, 0.15) is 10.4 Å². The maximum Gasteiger partial charge on any atom is 0.324 e. The fraction of sp³-hybridized carbons (Fsp3) is 0.118. The quantitative estimate of drug-likeness (QED) is 0.310. The number of hydrogen-bond acceptors (Lipinski definition) is 7. The van der Waals surface area contributed by atoms with E-state index in [4.69, 9.17) is 4.74 Å². The van der Waals surface area contributed by atoms with Gasteiger partial charge in [-0.15, -0.1) is 0 Å². The summed E-state index contributed by atoms with van der Waals surface area (Å²) in [6.07, 6.45) is 4.21. The Bertz CT molecular complexity index is 874. The summed E-state index contributed by atoms with van der Waals surface area (Å²) in [6.45, 7) is -0.256. The van der Waals surface area contributed by atoms with Gasteiger partial charge < -0.3 is 10.1 Å². The number of ether oxygens (including phenoxy) is 1. The predicted octanol–water partition coefficient (Wildman–Crippen LogP) is 1.94. The number of nitrogens with zero attached hydrogens (tertiary/aromatic N) is 2. The highest BCUT2D eigenvalue weighted by Crippen LogP contribution is 2.22. The molecule has 1 heterocycles. The van der Waals surface area contributed by atoms with E-state index < -0.39 is 16.7 Å². The molecule has 27 heavy (non-hydrogen) atoms. The zero-order chi connectivity index (χ0) is 19.6. The van der Waals surface area contributed by atoms with Gasteiger partial charge in [0.15, 0.2) is 0 Å². The second-order valence-corrected chi connectivity index (χ2v) is 6.14. The average Bonchev–Trinajstić information content (AvgIpc) is 3.14. The Morgan fingerprint density at radius 3 is 2.63 bits per heavy atom. The molecule has 2 N–H and O–H groups in total. The summed E-state index contributed by atoms with van der Waals surface area (Å²) in [6, 6.07) is 9.99. The lowest BCUT2D eigenvalue weighted by Gasteiger charge is -2.01. The number of amides is 2.